The fraction of sp³-hybridized carbons (Fsp3) is 0.143. The highest BCUT2D eigenvalue weighted by Crippen LogP contribution is 2.29. The Labute approximate surface area is 70.2 Å². The second-order valence-corrected chi connectivity index (χ2v) is 5.30. The van der Waals surface area contributed by atoms with Crippen molar-refractivity contribution in [3.8, 4) is 11.1 Å². The molecule has 0 saturated carbocycles. The fourth-order valence-corrected chi connectivity index (χ4v) is 0.663. The van der Waals surface area contributed by atoms with E-state index in [0.717, 1.165) is 6.26 Å². The van der Waals surface area contributed by atoms with Gasteiger partial charge < -0.3 is 0 Å². The quantitative estimate of drug-likeness (QED) is 0.595. The Bertz CT molecular complexity index is 310. The average molecular weight is 191 g/mol. The number of benzene rings is 1. The van der Waals surface area contributed by atoms with E-state index < -0.39 is 9.05 Å². The SMILES string of the molecule is CS(=O)(=O)Cl.c1cc2ccc1-2. The van der Waals surface area contributed by atoms with Crippen LogP contribution in [0.4, 0.5) is 0 Å². The molecular formula is C7H7ClO2S. The van der Waals surface area contributed by atoms with Gasteiger partial charge in [-0.3, -0.25) is 0 Å². The van der Waals surface area contributed by atoms with Crippen molar-refractivity contribution in [1.82, 2.24) is 0 Å². The van der Waals surface area contributed by atoms with Crippen molar-refractivity contribution in [3.05, 3.63) is 24.3 Å². The lowest BCUT2D eigenvalue weighted by atomic mass is 9.95. The predicted molar refractivity (Wildman–Crippen MR) is 46.1 cm³/mol. The van der Waals surface area contributed by atoms with Crippen LogP contribution in [0.15, 0.2) is 24.3 Å². The zero-order chi connectivity index (χ0) is 8.48. The molecule has 0 aliphatic heterocycles. The Balaban J connectivity index is 0.000000114. The van der Waals surface area contributed by atoms with E-state index in [0.29, 0.717) is 0 Å². The maximum Gasteiger partial charge on any atom is 0.229 e. The largest absolute Gasteiger partial charge is 0.229 e. The first kappa shape index (κ1) is 8.56. The van der Waals surface area contributed by atoms with Crippen molar-refractivity contribution in [2.24, 2.45) is 0 Å². The van der Waals surface area contributed by atoms with Crippen molar-refractivity contribution >= 4 is 19.7 Å². The summed E-state index contributed by atoms with van der Waals surface area (Å²) in [6.07, 6.45) is 0.925. The summed E-state index contributed by atoms with van der Waals surface area (Å²) in [6.45, 7) is 0. The molecule has 0 amide bonds. The second kappa shape index (κ2) is 2.83. The first-order chi connectivity index (χ1) is 4.97. The summed E-state index contributed by atoms with van der Waals surface area (Å²) < 4.78 is 18.8. The molecule has 0 saturated heterocycles. The van der Waals surface area contributed by atoms with Crippen LogP contribution in [0.3, 0.4) is 0 Å². The van der Waals surface area contributed by atoms with Gasteiger partial charge in [0, 0.05) is 10.7 Å². The molecule has 11 heavy (non-hydrogen) atoms. The second-order valence-electron chi connectivity index (χ2n) is 2.26. The molecule has 0 atom stereocenters. The molecule has 0 N–H and O–H groups in total. The zero-order valence-electron chi connectivity index (χ0n) is 5.91. The van der Waals surface area contributed by atoms with Crippen molar-refractivity contribution in [1.29, 1.82) is 0 Å². The molecule has 2 rings (SSSR count). The molecule has 0 heterocycles. The maximum absolute atomic E-state index is 9.40. The third-order valence-electron chi connectivity index (χ3n) is 1.22. The van der Waals surface area contributed by atoms with E-state index in [4.69, 9.17) is 0 Å². The molecule has 0 aromatic heterocycles. The van der Waals surface area contributed by atoms with E-state index in [9.17, 15) is 8.42 Å². The van der Waals surface area contributed by atoms with Crippen molar-refractivity contribution < 1.29 is 8.42 Å². The van der Waals surface area contributed by atoms with Crippen LogP contribution in [-0.2, 0) is 9.05 Å². The van der Waals surface area contributed by atoms with Crippen molar-refractivity contribution in [2.45, 2.75) is 0 Å². The van der Waals surface area contributed by atoms with Crippen LogP contribution in [0, 0.1) is 0 Å². The summed E-state index contributed by atoms with van der Waals surface area (Å²) in [5, 5.41) is 0. The van der Waals surface area contributed by atoms with Gasteiger partial charge in [-0.2, -0.15) is 0 Å². The summed E-state index contributed by atoms with van der Waals surface area (Å²) in [6, 6.07) is 8.48. The van der Waals surface area contributed by atoms with E-state index in [2.05, 4.69) is 34.9 Å². The molecule has 0 aromatic rings. The third-order valence-corrected chi connectivity index (χ3v) is 1.22. The van der Waals surface area contributed by atoms with Crippen LogP contribution in [0.5, 0.6) is 0 Å². The van der Waals surface area contributed by atoms with Crippen LogP contribution >= 0.6 is 10.7 Å². The molecule has 0 bridgehead atoms. The Morgan fingerprint density at radius 1 is 1.09 bits per heavy atom. The molecule has 0 radical (unpaired) electrons. The molecule has 2 aliphatic rings. The Morgan fingerprint density at radius 3 is 1.27 bits per heavy atom. The van der Waals surface area contributed by atoms with Gasteiger partial charge in [0.15, 0.2) is 0 Å². The van der Waals surface area contributed by atoms with Crippen LogP contribution in [0.25, 0.3) is 11.1 Å². The smallest absolute Gasteiger partial charge is 0.213 e. The van der Waals surface area contributed by atoms with Gasteiger partial charge in [0.2, 0.25) is 9.05 Å². The molecule has 2 nitrogen and oxygen atoms in total. The highest BCUT2D eigenvalue weighted by molar-refractivity contribution is 8.13. The minimum Gasteiger partial charge on any atom is -0.213 e. The highest BCUT2D eigenvalue weighted by atomic mass is 35.7. The van der Waals surface area contributed by atoms with Gasteiger partial charge in [-0.05, 0) is 11.1 Å². The normalized spacial score (nSPS) is 11.5. The summed E-state index contributed by atoms with van der Waals surface area (Å²) in [7, 11) is 1.31. The summed E-state index contributed by atoms with van der Waals surface area (Å²) in [5.74, 6) is 0. The van der Waals surface area contributed by atoms with E-state index in [-0.39, 0.29) is 0 Å². The van der Waals surface area contributed by atoms with Crippen LogP contribution in [0.2, 0.25) is 0 Å². The molecule has 2 aliphatic carbocycles. The average Bonchev–Trinajstić information content (AvgIpc) is 1.74. The predicted octanol–water partition coefficient (Wildman–Crippen LogP) is 1.85. The Morgan fingerprint density at radius 2 is 1.27 bits per heavy atom. The van der Waals surface area contributed by atoms with E-state index >= 15 is 0 Å². The van der Waals surface area contributed by atoms with Crippen LogP contribution < -0.4 is 0 Å². The molecule has 60 valence electrons. The zero-order valence-corrected chi connectivity index (χ0v) is 7.48. The molecule has 0 unspecified atom stereocenters. The molecule has 0 aromatic carbocycles. The first-order valence-electron chi connectivity index (χ1n) is 2.97. The fourth-order valence-electron chi connectivity index (χ4n) is 0.663. The monoisotopic (exact) mass is 190 g/mol. The third kappa shape index (κ3) is 2.91. The minimum atomic E-state index is -3.19. The lowest BCUT2D eigenvalue weighted by Crippen LogP contribution is -1.85. The number of fused-ring (bicyclic) bond motifs is 1. The lowest BCUT2D eigenvalue weighted by Gasteiger charge is -2.10. The topological polar surface area (TPSA) is 34.1 Å². The van der Waals surface area contributed by atoms with Gasteiger partial charge in [-0.1, -0.05) is 24.3 Å². The summed E-state index contributed by atoms with van der Waals surface area (Å²) in [4.78, 5) is 0. The van der Waals surface area contributed by atoms with Gasteiger partial charge in [0.1, 0.15) is 0 Å². The number of halogens is 1. The van der Waals surface area contributed by atoms with Gasteiger partial charge >= 0.3 is 0 Å². The van der Waals surface area contributed by atoms with Crippen molar-refractivity contribution in [3.63, 3.8) is 0 Å². The number of rotatable bonds is 0. The lowest BCUT2D eigenvalue weighted by molar-refractivity contribution is 0.615. The van der Waals surface area contributed by atoms with Crippen LogP contribution in [-0.4, -0.2) is 14.7 Å². The van der Waals surface area contributed by atoms with E-state index in [1.54, 1.807) is 0 Å². The minimum absolute atomic E-state index is 0.925. The van der Waals surface area contributed by atoms with Gasteiger partial charge in [-0.15, -0.1) is 0 Å². The summed E-state index contributed by atoms with van der Waals surface area (Å²) >= 11 is 0. The van der Waals surface area contributed by atoms with Crippen molar-refractivity contribution in [2.75, 3.05) is 6.26 Å². The first-order valence-corrected chi connectivity index (χ1v) is 5.68. The Kier molecular flexibility index (Phi) is 2.20. The molecule has 0 fully saturated rings. The van der Waals surface area contributed by atoms with Gasteiger partial charge in [-0.25, -0.2) is 8.42 Å². The highest BCUT2D eigenvalue weighted by Gasteiger charge is 2.03. The molecule has 0 spiro atoms. The van der Waals surface area contributed by atoms with Crippen LogP contribution in [0.1, 0.15) is 0 Å². The van der Waals surface area contributed by atoms with Gasteiger partial charge in [0.25, 0.3) is 0 Å². The Hall–Kier alpha value is -0.540. The summed E-state index contributed by atoms with van der Waals surface area (Å²) in [5.41, 5.74) is 2.85. The van der Waals surface area contributed by atoms with Gasteiger partial charge in [0.05, 0.1) is 6.26 Å². The number of hydrogen-bond acceptors (Lipinski definition) is 2. The maximum atomic E-state index is 9.40. The van der Waals surface area contributed by atoms with E-state index in [1.807, 2.05) is 0 Å². The standard InChI is InChI=1S/C6H4.CH3ClO2S/c1-2-6-4-3-5(1)6;1-5(2,3)4/h1-4H;1H3. The van der Waals surface area contributed by atoms with E-state index in [1.165, 1.54) is 11.1 Å². The molecule has 4 heteroatoms. The molecular weight excluding hydrogens is 184 g/mol. The number of hydrogen-bond donors (Lipinski definition) is 0.